The maximum absolute atomic E-state index is 12.2. The Labute approximate surface area is 163 Å². The Morgan fingerprint density at radius 2 is 1.79 bits per heavy atom. The second-order valence-electron chi connectivity index (χ2n) is 6.10. The monoisotopic (exact) mass is 400 g/mol. The number of hydrogen-bond acceptors (Lipinski definition) is 7. The molecule has 146 valence electrons. The normalized spacial score (nSPS) is 11.3. The van der Waals surface area contributed by atoms with Crippen LogP contribution in [-0.4, -0.2) is 30.3 Å². The highest BCUT2D eigenvalue weighted by atomic mass is 32.2. The molecule has 3 aromatic rings. The topological polar surface area (TPSA) is 99.4 Å². The van der Waals surface area contributed by atoms with Crippen LogP contribution in [0, 0.1) is 0 Å². The van der Waals surface area contributed by atoms with Crippen LogP contribution >= 0.6 is 0 Å². The van der Waals surface area contributed by atoms with Crippen LogP contribution in [0.2, 0.25) is 0 Å². The molecule has 8 heteroatoms. The molecular weight excluding hydrogens is 380 g/mol. The average Bonchev–Trinajstić information content (AvgIpc) is 3.20. The van der Waals surface area contributed by atoms with Crippen LogP contribution in [0.4, 0.5) is 0 Å². The number of ether oxygens (including phenoxy) is 1. The molecule has 0 amide bonds. The fourth-order valence-corrected chi connectivity index (χ4v) is 3.74. The SMILES string of the molecule is CCc1ccc(-c2noc(COC(=O)CCS(=O)(=O)c3ccccc3)n2)cc1. The summed E-state index contributed by atoms with van der Waals surface area (Å²) in [6, 6.07) is 15.7. The predicted octanol–water partition coefficient (Wildman–Crippen LogP) is 3.21. The molecular formula is C20H20N2O5S. The summed E-state index contributed by atoms with van der Waals surface area (Å²) in [5, 5.41) is 3.87. The number of rotatable bonds is 8. The maximum atomic E-state index is 12.2. The fourth-order valence-electron chi connectivity index (χ4n) is 2.50. The van der Waals surface area contributed by atoms with Crippen LogP contribution in [0.3, 0.4) is 0 Å². The van der Waals surface area contributed by atoms with Crippen LogP contribution in [0.25, 0.3) is 11.4 Å². The van der Waals surface area contributed by atoms with E-state index >= 15 is 0 Å². The minimum atomic E-state index is -3.53. The van der Waals surface area contributed by atoms with Crippen LogP contribution in [-0.2, 0) is 32.4 Å². The van der Waals surface area contributed by atoms with Crippen molar-refractivity contribution in [3.63, 3.8) is 0 Å². The quantitative estimate of drug-likeness (QED) is 0.535. The number of hydrogen-bond donors (Lipinski definition) is 0. The van der Waals surface area contributed by atoms with E-state index in [4.69, 9.17) is 9.26 Å². The summed E-state index contributed by atoms with van der Waals surface area (Å²) in [6.07, 6.45) is 0.685. The molecule has 0 saturated carbocycles. The van der Waals surface area contributed by atoms with Gasteiger partial charge in [0.25, 0.3) is 5.89 Å². The van der Waals surface area contributed by atoms with Gasteiger partial charge in [0.2, 0.25) is 5.82 Å². The third kappa shape index (κ3) is 5.04. The minimum Gasteiger partial charge on any atom is -0.456 e. The van der Waals surface area contributed by atoms with Crippen molar-refractivity contribution < 1.29 is 22.5 Å². The van der Waals surface area contributed by atoms with Gasteiger partial charge < -0.3 is 9.26 Å². The van der Waals surface area contributed by atoms with Crippen molar-refractivity contribution in [1.29, 1.82) is 0 Å². The molecule has 0 radical (unpaired) electrons. The van der Waals surface area contributed by atoms with E-state index in [0.717, 1.165) is 12.0 Å². The number of aromatic nitrogens is 2. The first-order valence-electron chi connectivity index (χ1n) is 8.83. The Hall–Kier alpha value is -3.00. The first-order valence-corrected chi connectivity index (χ1v) is 10.5. The molecule has 28 heavy (non-hydrogen) atoms. The molecule has 2 aromatic carbocycles. The lowest BCUT2D eigenvalue weighted by Gasteiger charge is -2.04. The maximum Gasteiger partial charge on any atom is 0.307 e. The summed E-state index contributed by atoms with van der Waals surface area (Å²) in [7, 11) is -3.53. The number of benzene rings is 2. The zero-order chi connectivity index (χ0) is 20.0. The Morgan fingerprint density at radius 3 is 2.46 bits per heavy atom. The smallest absolute Gasteiger partial charge is 0.307 e. The fraction of sp³-hybridized carbons (Fsp3) is 0.250. The molecule has 0 unspecified atom stereocenters. The summed E-state index contributed by atoms with van der Waals surface area (Å²) in [6.45, 7) is 1.87. The van der Waals surface area contributed by atoms with E-state index in [1.54, 1.807) is 18.2 Å². The van der Waals surface area contributed by atoms with Crippen molar-refractivity contribution in [3.8, 4) is 11.4 Å². The highest BCUT2D eigenvalue weighted by molar-refractivity contribution is 7.91. The second-order valence-corrected chi connectivity index (χ2v) is 8.21. The molecule has 0 aliphatic carbocycles. The number of nitrogens with zero attached hydrogens (tertiary/aromatic N) is 2. The Bertz CT molecular complexity index is 1030. The zero-order valence-corrected chi connectivity index (χ0v) is 16.2. The van der Waals surface area contributed by atoms with Crippen LogP contribution < -0.4 is 0 Å². The van der Waals surface area contributed by atoms with E-state index in [2.05, 4.69) is 17.1 Å². The van der Waals surface area contributed by atoms with Gasteiger partial charge in [-0.1, -0.05) is 54.5 Å². The highest BCUT2D eigenvalue weighted by Crippen LogP contribution is 2.17. The largest absolute Gasteiger partial charge is 0.456 e. The van der Waals surface area contributed by atoms with Crippen molar-refractivity contribution in [2.75, 3.05) is 5.75 Å². The Kier molecular flexibility index (Phi) is 6.20. The van der Waals surface area contributed by atoms with Crippen LogP contribution in [0.15, 0.2) is 64.0 Å². The second kappa shape index (κ2) is 8.79. The third-order valence-corrected chi connectivity index (χ3v) is 5.85. The van der Waals surface area contributed by atoms with E-state index in [1.165, 1.54) is 17.7 Å². The van der Waals surface area contributed by atoms with Gasteiger partial charge in [-0.15, -0.1) is 0 Å². The summed E-state index contributed by atoms with van der Waals surface area (Å²) in [5.74, 6) is -0.421. The Morgan fingerprint density at radius 1 is 1.07 bits per heavy atom. The molecule has 0 fully saturated rings. The standard InChI is InChI=1S/C20H20N2O5S/c1-2-15-8-10-16(11-9-15)20-21-18(27-22-20)14-26-19(23)12-13-28(24,25)17-6-4-3-5-7-17/h3-11H,2,12-14H2,1H3. The van der Waals surface area contributed by atoms with Gasteiger partial charge >= 0.3 is 5.97 Å². The van der Waals surface area contributed by atoms with E-state index in [9.17, 15) is 13.2 Å². The number of carbonyl (C=O) groups is 1. The first kappa shape index (κ1) is 19.8. The third-order valence-electron chi connectivity index (χ3n) is 4.12. The molecule has 0 saturated heterocycles. The molecule has 3 rings (SSSR count). The van der Waals surface area contributed by atoms with Gasteiger partial charge in [-0.05, 0) is 24.1 Å². The molecule has 0 N–H and O–H groups in total. The summed E-state index contributed by atoms with van der Waals surface area (Å²) < 4.78 is 34.5. The van der Waals surface area contributed by atoms with Gasteiger partial charge in [0.05, 0.1) is 17.1 Å². The van der Waals surface area contributed by atoms with E-state index in [-0.39, 0.29) is 29.6 Å². The van der Waals surface area contributed by atoms with Crippen molar-refractivity contribution in [3.05, 3.63) is 66.1 Å². The van der Waals surface area contributed by atoms with Crippen molar-refractivity contribution in [1.82, 2.24) is 10.1 Å². The highest BCUT2D eigenvalue weighted by Gasteiger charge is 2.17. The van der Waals surface area contributed by atoms with Gasteiger partial charge in [-0.2, -0.15) is 4.98 Å². The summed E-state index contributed by atoms with van der Waals surface area (Å²) in [5.41, 5.74) is 2.00. The molecule has 1 heterocycles. The van der Waals surface area contributed by atoms with Gasteiger partial charge in [0, 0.05) is 5.56 Å². The molecule has 0 atom stereocenters. The number of sulfone groups is 1. The molecule has 1 aromatic heterocycles. The van der Waals surface area contributed by atoms with Gasteiger partial charge in [-0.3, -0.25) is 4.79 Å². The number of carbonyl (C=O) groups excluding carboxylic acids is 1. The van der Waals surface area contributed by atoms with Crippen molar-refractivity contribution in [2.45, 2.75) is 31.3 Å². The van der Waals surface area contributed by atoms with Gasteiger partial charge in [0.1, 0.15) is 0 Å². The molecule has 0 aliphatic rings. The Balaban J connectivity index is 1.51. The minimum absolute atomic E-state index is 0.147. The number of esters is 1. The molecule has 7 nitrogen and oxygen atoms in total. The molecule has 0 aliphatic heterocycles. The lowest BCUT2D eigenvalue weighted by atomic mass is 10.1. The lowest BCUT2D eigenvalue weighted by molar-refractivity contribution is -0.145. The summed E-state index contributed by atoms with van der Waals surface area (Å²) >= 11 is 0. The lowest BCUT2D eigenvalue weighted by Crippen LogP contribution is -2.13. The predicted molar refractivity (Wildman–Crippen MR) is 102 cm³/mol. The van der Waals surface area contributed by atoms with Gasteiger partial charge in [0.15, 0.2) is 16.4 Å². The van der Waals surface area contributed by atoms with Crippen LogP contribution in [0.1, 0.15) is 24.8 Å². The van der Waals surface area contributed by atoms with Crippen molar-refractivity contribution in [2.24, 2.45) is 0 Å². The van der Waals surface area contributed by atoms with E-state index in [0.29, 0.717) is 5.82 Å². The molecule has 0 bridgehead atoms. The van der Waals surface area contributed by atoms with E-state index < -0.39 is 15.8 Å². The van der Waals surface area contributed by atoms with Gasteiger partial charge in [-0.25, -0.2) is 8.42 Å². The van der Waals surface area contributed by atoms with Crippen LogP contribution in [0.5, 0.6) is 0 Å². The average molecular weight is 400 g/mol. The first-order chi connectivity index (χ1) is 13.5. The molecule has 0 spiro atoms. The van der Waals surface area contributed by atoms with E-state index in [1.807, 2.05) is 24.3 Å². The number of aryl methyl sites for hydroxylation is 1. The zero-order valence-electron chi connectivity index (χ0n) is 15.4. The summed E-state index contributed by atoms with van der Waals surface area (Å²) in [4.78, 5) is 16.2. The van der Waals surface area contributed by atoms with Crippen molar-refractivity contribution >= 4 is 15.8 Å².